The maximum Gasteiger partial charge on any atom is 0.255 e. The summed E-state index contributed by atoms with van der Waals surface area (Å²) in [4.78, 5) is 17.0. The van der Waals surface area contributed by atoms with Gasteiger partial charge in [-0.25, -0.2) is 0 Å². The van der Waals surface area contributed by atoms with Crippen molar-refractivity contribution in [3.05, 3.63) is 60.0 Å². The van der Waals surface area contributed by atoms with Crippen LogP contribution in [0.15, 0.2) is 53.1 Å². The van der Waals surface area contributed by atoms with Crippen molar-refractivity contribution in [1.29, 1.82) is 0 Å². The van der Waals surface area contributed by atoms with Gasteiger partial charge in [-0.15, -0.1) is 0 Å². The zero-order chi connectivity index (χ0) is 21.1. The van der Waals surface area contributed by atoms with E-state index in [1.807, 2.05) is 36.4 Å². The van der Waals surface area contributed by atoms with E-state index >= 15 is 0 Å². The molecule has 0 spiro atoms. The SMILES string of the molecule is CCCCNC(=O)c1c(C)oc2cc(Oc3ccnc4cc(OC)ccc34)ccc12. The van der Waals surface area contributed by atoms with Gasteiger partial charge in [-0.1, -0.05) is 13.3 Å². The number of rotatable bonds is 7. The van der Waals surface area contributed by atoms with Crippen molar-refractivity contribution in [2.45, 2.75) is 26.7 Å². The predicted octanol–water partition coefficient (Wildman–Crippen LogP) is 5.62. The van der Waals surface area contributed by atoms with Gasteiger partial charge >= 0.3 is 0 Å². The highest BCUT2D eigenvalue weighted by molar-refractivity contribution is 6.07. The number of nitrogens with zero attached hydrogens (tertiary/aromatic N) is 1. The fourth-order valence-electron chi connectivity index (χ4n) is 3.46. The number of aromatic nitrogens is 1. The Morgan fingerprint density at radius 1 is 1.10 bits per heavy atom. The quantitative estimate of drug-likeness (QED) is 0.405. The van der Waals surface area contributed by atoms with Crippen LogP contribution >= 0.6 is 0 Å². The maximum atomic E-state index is 12.6. The summed E-state index contributed by atoms with van der Waals surface area (Å²) in [5, 5.41) is 4.61. The fourth-order valence-corrected chi connectivity index (χ4v) is 3.46. The smallest absolute Gasteiger partial charge is 0.255 e. The largest absolute Gasteiger partial charge is 0.497 e. The molecule has 0 fully saturated rings. The zero-order valence-corrected chi connectivity index (χ0v) is 17.3. The van der Waals surface area contributed by atoms with Crippen LogP contribution in [-0.2, 0) is 0 Å². The number of unbranched alkanes of at least 4 members (excludes halogenated alkanes) is 1. The van der Waals surface area contributed by atoms with Gasteiger partial charge in [0.25, 0.3) is 5.91 Å². The number of amides is 1. The van der Waals surface area contributed by atoms with E-state index in [0.717, 1.165) is 34.9 Å². The Hall–Kier alpha value is -3.54. The molecule has 6 heteroatoms. The van der Waals surface area contributed by atoms with Crippen molar-refractivity contribution < 1.29 is 18.7 Å². The van der Waals surface area contributed by atoms with Crippen LogP contribution in [0.4, 0.5) is 0 Å². The molecule has 0 aliphatic rings. The summed E-state index contributed by atoms with van der Waals surface area (Å²) in [6.07, 6.45) is 3.68. The Balaban J connectivity index is 1.64. The number of hydrogen-bond acceptors (Lipinski definition) is 5. The molecule has 30 heavy (non-hydrogen) atoms. The Morgan fingerprint density at radius 2 is 1.90 bits per heavy atom. The number of nitrogens with one attached hydrogen (secondary N) is 1. The van der Waals surface area contributed by atoms with Crippen LogP contribution in [0, 0.1) is 6.92 Å². The minimum Gasteiger partial charge on any atom is -0.497 e. The van der Waals surface area contributed by atoms with E-state index in [1.165, 1.54) is 0 Å². The summed E-state index contributed by atoms with van der Waals surface area (Å²) >= 11 is 0. The number of methoxy groups -OCH3 is 1. The summed E-state index contributed by atoms with van der Waals surface area (Å²) in [6, 6.07) is 13.0. The Bertz CT molecular complexity index is 1210. The number of carbonyl (C=O) groups is 1. The number of fused-ring (bicyclic) bond motifs is 2. The second-order valence-corrected chi connectivity index (χ2v) is 7.09. The fraction of sp³-hybridized carbons (Fsp3) is 0.250. The molecule has 2 aromatic carbocycles. The van der Waals surface area contributed by atoms with Gasteiger partial charge in [0, 0.05) is 35.6 Å². The monoisotopic (exact) mass is 404 g/mol. The van der Waals surface area contributed by atoms with Crippen LogP contribution in [-0.4, -0.2) is 24.5 Å². The van der Waals surface area contributed by atoms with Crippen molar-refractivity contribution in [3.8, 4) is 17.2 Å². The molecule has 4 aromatic rings. The van der Waals surface area contributed by atoms with Crippen LogP contribution < -0.4 is 14.8 Å². The maximum absolute atomic E-state index is 12.6. The normalized spacial score (nSPS) is 11.0. The number of benzene rings is 2. The summed E-state index contributed by atoms with van der Waals surface area (Å²) < 4.78 is 17.2. The first-order valence-corrected chi connectivity index (χ1v) is 10.0. The van der Waals surface area contributed by atoms with Crippen molar-refractivity contribution in [3.63, 3.8) is 0 Å². The molecule has 0 aliphatic carbocycles. The van der Waals surface area contributed by atoms with Crippen LogP contribution in [0.5, 0.6) is 17.2 Å². The molecule has 6 nitrogen and oxygen atoms in total. The Labute approximate surface area is 174 Å². The van der Waals surface area contributed by atoms with Crippen molar-refractivity contribution in [2.24, 2.45) is 0 Å². The van der Waals surface area contributed by atoms with Crippen LogP contribution in [0.3, 0.4) is 0 Å². The molecule has 0 aliphatic heterocycles. The predicted molar refractivity (Wildman–Crippen MR) is 117 cm³/mol. The molecule has 0 unspecified atom stereocenters. The molecule has 2 heterocycles. The van der Waals surface area contributed by atoms with Gasteiger partial charge in [0.15, 0.2) is 0 Å². The third-order valence-electron chi connectivity index (χ3n) is 5.02. The molecule has 0 bridgehead atoms. The van der Waals surface area contributed by atoms with E-state index < -0.39 is 0 Å². The van der Waals surface area contributed by atoms with Gasteiger partial charge in [-0.05, 0) is 43.7 Å². The van der Waals surface area contributed by atoms with Gasteiger partial charge in [0.1, 0.15) is 28.6 Å². The molecular weight excluding hydrogens is 380 g/mol. The van der Waals surface area contributed by atoms with Crippen molar-refractivity contribution >= 4 is 27.8 Å². The average Bonchev–Trinajstić information content (AvgIpc) is 3.08. The van der Waals surface area contributed by atoms with E-state index in [4.69, 9.17) is 13.9 Å². The molecule has 0 saturated carbocycles. The minimum atomic E-state index is -0.109. The molecule has 1 amide bonds. The number of hydrogen-bond donors (Lipinski definition) is 1. The first-order valence-electron chi connectivity index (χ1n) is 10.0. The summed E-state index contributed by atoms with van der Waals surface area (Å²) in [5.41, 5.74) is 1.98. The summed E-state index contributed by atoms with van der Waals surface area (Å²) in [7, 11) is 1.63. The average molecular weight is 404 g/mol. The number of ether oxygens (including phenoxy) is 2. The second kappa shape index (κ2) is 8.45. The summed E-state index contributed by atoms with van der Waals surface area (Å²) in [5.74, 6) is 2.53. The molecular formula is C24H24N2O4. The van der Waals surface area contributed by atoms with Gasteiger partial charge in [0.05, 0.1) is 18.2 Å². The van der Waals surface area contributed by atoms with Crippen molar-refractivity contribution in [1.82, 2.24) is 10.3 Å². The Morgan fingerprint density at radius 3 is 2.70 bits per heavy atom. The second-order valence-electron chi connectivity index (χ2n) is 7.09. The first-order chi connectivity index (χ1) is 14.6. The van der Waals surface area contributed by atoms with E-state index in [-0.39, 0.29) is 5.91 Å². The molecule has 2 aromatic heterocycles. The number of carbonyl (C=O) groups excluding carboxylic acids is 1. The standard InChI is InChI=1S/C24H24N2O4/c1-4-5-11-26-24(27)23-15(2)29-22-14-17(7-9-19(22)23)30-21-10-12-25-20-13-16(28-3)6-8-18(20)21/h6-10,12-14H,4-5,11H2,1-3H3,(H,26,27). The summed E-state index contributed by atoms with van der Waals surface area (Å²) in [6.45, 7) is 4.55. The highest BCUT2D eigenvalue weighted by Crippen LogP contribution is 2.34. The molecule has 0 atom stereocenters. The van der Waals surface area contributed by atoms with Crippen molar-refractivity contribution in [2.75, 3.05) is 13.7 Å². The lowest BCUT2D eigenvalue weighted by Crippen LogP contribution is -2.24. The van der Waals surface area contributed by atoms with Crippen LogP contribution in [0.1, 0.15) is 35.9 Å². The van der Waals surface area contributed by atoms with E-state index in [2.05, 4.69) is 17.2 Å². The van der Waals surface area contributed by atoms with Gasteiger partial charge in [0.2, 0.25) is 0 Å². The highest BCUT2D eigenvalue weighted by Gasteiger charge is 2.18. The lowest BCUT2D eigenvalue weighted by Gasteiger charge is -2.09. The molecule has 154 valence electrons. The van der Waals surface area contributed by atoms with E-state index in [1.54, 1.807) is 26.3 Å². The van der Waals surface area contributed by atoms with E-state index in [9.17, 15) is 4.79 Å². The molecule has 0 saturated heterocycles. The molecule has 1 N–H and O–H groups in total. The van der Waals surface area contributed by atoms with E-state index in [0.29, 0.717) is 35.0 Å². The lowest BCUT2D eigenvalue weighted by atomic mass is 10.1. The van der Waals surface area contributed by atoms with Gasteiger partial charge in [-0.2, -0.15) is 0 Å². The number of pyridine rings is 1. The van der Waals surface area contributed by atoms with Gasteiger partial charge in [-0.3, -0.25) is 9.78 Å². The molecule has 4 rings (SSSR count). The zero-order valence-electron chi connectivity index (χ0n) is 17.3. The Kier molecular flexibility index (Phi) is 5.57. The molecule has 0 radical (unpaired) electrons. The van der Waals surface area contributed by atoms with Gasteiger partial charge < -0.3 is 19.2 Å². The van der Waals surface area contributed by atoms with Crippen LogP contribution in [0.25, 0.3) is 21.9 Å². The number of furan rings is 1. The van der Waals surface area contributed by atoms with Crippen LogP contribution in [0.2, 0.25) is 0 Å². The lowest BCUT2D eigenvalue weighted by molar-refractivity contribution is 0.0953. The minimum absolute atomic E-state index is 0.109. The third-order valence-corrected chi connectivity index (χ3v) is 5.02. The first kappa shape index (κ1) is 19.8. The number of aryl methyl sites for hydroxylation is 1. The highest BCUT2D eigenvalue weighted by atomic mass is 16.5. The third kappa shape index (κ3) is 3.81. The topological polar surface area (TPSA) is 73.6 Å².